The number of rotatable bonds is 7. The third kappa shape index (κ3) is 6.54. The smallest absolute Gasteiger partial charge is 0.238 e. The minimum absolute atomic E-state index is 0.0997. The number of amides is 1. The number of hydrogen-bond acceptors (Lipinski definition) is 6. The van der Waals surface area contributed by atoms with E-state index in [1.807, 2.05) is 4.90 Å². The van der Waals surface area contributed by atoms with Gasteiger partial charge >= 0.3 is 0 Å². The molecule has 1 amide bonds. The number of nitrogens with one attached hydrogen (secondary N) is 2. The van der Waals surface area contributed by atoms with Crippen molar-refractivity contribution in [2.75, 3.05) is 38.1 Å². The highest BCUT2D eigenvalue weighted by Crippen LogP contribution is 2.34. The number of halogens is 3. The standard InChI is InChI=1S/C23H26ClF2N3O4/c24-14-1-2-20-21(7-14)32-13-22(33-20)19(30)11-27-17-3-5-29(6-4-17)12-23(31)28-18-9-15(25)8-16(26)10-18/h1-2,7-10,17,19,22,27,30H,3-6,11-13H2,(H,28,31). The van der Waals surface area contributed by atoms with Crippen LogP contribution in [-0.2, 0) is 4.79 Å². The number of aliphatic hydroxyl groups is 1. The van der Waals surface area contributed by atoms with Gasteiger partial charge in [-0.25, -0.2) is 8.78 Å². The zero-order valence-corrected chi connectivity index (χ0v) is 18.7. The second kappa shape index (κ2) is 10.6. The molecule has 0 bridgehead atoms. The lowest BCUT2D eigenvalue weighted by atomic mass is 10.0. The van der Waals surface area contributed by atoms with Crippen molar-refractivity contribution in [2.24, 2.45) is 0 Å². The van der Waals surface area contributed by atoms with E-state index >= 15 is 0 Å². The normalized spacial score (nSPS) is 19.8. The van der Waals surface area contributed by atoms with E-state index in [1.54, 1.807) is 18.2 Å². The number of nitrogens with zero attached hydrogens (tertiary/aromatic N) is 1. The lowest BCUT2D eigenvalue weighted by Crippen LogP contribution is -2.50. The van der Waals surface area contributed by atoms with E-state index in [1.165, 1.54) is 0 Å². The maximum absolute atomic E-state index is 13.3. The summed E-state index contributed by atoms with van der Waals surface area (Å²) in [4.78, 5) is 14.2. The van der Waals surface area contributed by atoms with Crippen LogP contribution < -0.4 is 20.1 Å². The first-order valence-electron chi connectivity index (χ1n) is 10.8. The Kier molecular flexibility index (Phi) is 7.64. The molecule has 2 aromatic carbocycles. The number of benzene rings is 2. The SMILES string of the molecule is O=C(CN1CCC(NCC(O)C2COc3cc(Cl)ccc3O2)CC1)Nc1cc(F)cc(F)c1. The first-order chi connectivity index (χ1) is 15.9. The van der Waals surface area contributed by atoms with Crippen LogP contribution >= 0.6 is 11.6 Å². The number of piperidine rings is 1. The topological polar surface area (TPSA) is 83.1 Å². The fourth-order valence-electron chi connectivity index (χ4n) is 3.99. The summed E-state index contributed by atoms with van der Waals surface area (Å²) in [5.74, 6) is -0.672. The van der Waals surface area contributed by atoms with Gasteiger partial charge in [0.25, 0.3) is 0 Å². The molecule has 2 atom stereocenters. The van der Waals surface area contributed by atoms with Crippen LogP contribution in [0.5, 0.6) is 11.5 Å². The Morgan fingerprint density at radius 3 is 2.61 bits per heavy atom. The van der Waals surface area contributed by atoms with E-state index in [9.17, 15) is 18.7 Å². The molecule has 178 valence electrons. The highest BCUT2D eigenvalue weighted by atomic mass is 35.5. The lowest BCUT2D eigenvalue weighted by molar-refractivity contribution is -0.117. The van der Waals surface area contributed by atoms with Crippen molar-refractivity contribution in [2.45, 2.75) is 31.1 Å². The predicted molar refractivity (Wildman–Crippen MR) is 120 cm³/mol. The Balaban J connectivity index is 1.17. The highest BCUT2D eigenvalue weighted by Gasteiger charge is 2.29. The molecule has 2 aliphatic rings. The molecule has 2 heterocycles. The fourth-order valence-corrected chi connectivity index (χ4v) is 4.16. The summed E-state index contributed by atoms with van der Waals surface area (Å²) in [6.07, 6.45) is 0.377. The largest absolute Gasteiger partial charge is 0.486 e. The van der Waals surface area contributed by atoms with Gasteiger partial charge in [0.2, 0.25) is 5.91 Å². The van der Waals surface area contributed by atoms with Gasteiger partial charge in [0.05, 0.1) is 6.54 Å². The zero-order chi connectivity index (χ0) is 23.4. The molecule has 0 spiro atoms. The van der Waals surface area contributed by atoms with E-state index in [2.05, 4.69) is 10.6 Å². The minimum Gasteiger partial charge on any atom is -0.486 e. The van der Waals surface area contributed by atoms with Crippen molar-refractivity contribution in [1.29, 1.82) is 0 Å². The van der Waals surface area contributed by atoms with E-state index in [0.29, 0.717) is 36.2 Å². The van der Waals surface area contributed by atoms with Crippen LogP contribution in [0.25, 0.3) is 0 Å². The van der Waals surface area contributed by atoms with Crippen molar-refractivity contribution in [1.82, 2.24) is 10.2 Å². The van der Waals surface area contributed by atoms with Crippen molar-refractivity contribution in [3.63, 3.8) is 0 Å². The summed E-state index contributed by atoms with van der Waals surface area (Å²) in [5.41, 5.74) is 0.0997. The molecular formula is C23H26ClF2N3O4. The molecule has 0 radical (unpaired) electrons. The monoisotopic (exact) mass is 481 g/mol. The second-order valence-corrected chi connectivity index (χ2v) is 8.73. The Labute approximate surface area is 195 Å². The number of carbonyl (C=O) groups excluding carboxylic acids is 1. The number of likely N-dealkylation sites (tertiary alicyclic amines) is 1. The van der Waals surface area contributed by atoms with Crippen molar-refractivity contribution in [3.8, 4) is 11.5 Å². The van der Waals surface area contributed by atoms with Crippen molar-refractivity contribution < 1.29 is 28.2 Å². The van der Waals surface area contributed by atoms with E-state index < -0.39 is 23.8 Å². The quantitative estimate of drug-likeness (QED) is 0.564. The van der Waals surface area contributed by atoms with E-state index in [4.69, 9.17) is 21.1 Å². The van der Waals surface area contributed by atoms with Gasteiger partial charge in [0.15, 0.2) is 17.6 Å². The van der Waals surface area contributed by atoms with Gasteiger partial charge in [0.1, 0.15) is 24.3 Å². The molecule has 0 saturated carbocycles. The first kappa shape index (κ1) is 23.7. The third-order valence-corrected chi connectivity index (χ3v) is 5.97. The van der Waals surface area contributed by atoms with Crippen LogP contribution in [-0.4, -0.2) is 66.9 Å². The maximum Gasteiger partial charge on any atom is 0.238 e. The van der Waals surface area contributed by atoms with Crippen molar-refractivity contribution in [3.05, 3.63) is 53.1 Å². The second-order valence-electron chi connectivity index (χ2n) is 8.29. The summed E-state index contributed by atoms with van der Waals surface area (Å²) >= 11 is 5.95. The molecule has 1 fully saturated rings. The summed E-state index contributed by atoms with van der Waals surface area (Å²) in [7, 11) is 0. The molecule has 2 aromatic rings. The Bertz CT molecular complexity index is 968. The molecule has 7 nitrogen and oxygen atoms in total. The molecule has 10 heteroatoms. The first-order valence-corrected chi connectivity index (χ1v) is 11.2. The summed E-state index contributed by atoms with van der Waals surface area (Å²) in [6, 6.07) is 8.23. The van der Waals surface area contributed by atoms with Gasteiger partial charge in [-0.05, 0) is 37.1 Å². The number of anilines is 1. The molecule has 0 aromatic heterocycles. The molecular weight excluding hydrogens is 456 g/mol. The minimum atomic E-state index is -0.746. The number of aliphatic hydroxyl groups excluding tert-OH is 1. The summed E-state index contributed by atoms with van der Waals surface area (Å²) in [5, 5.41) is 17.0. The Morgan fingerprint density at radius 1 is 1.15 bits per heavy atom. The van der Waals surface area contributed by atoms with Crippen LogP contribution in [0.1, 0.15) is 12.8 Å². The van der Waals surface area contributed by atoms with Gasteiger partial charge in [-0.3, -0.25) is 9.69 Å². The molecule has 33 heavy (non-hydrogen) atoms. The van der Waals surface area contributed by atoms with Gasteiger partial charge in [0, 0.05) is 48.5 Å². The predicted octanol–water partition coefficient (Wildman–Crippen LogP) is 2.81. The Morgan fingerprint density at radius 2 is 1.88 bits per heavy atom. The molecule has 3 N–H and O–H groups in total. The van der Waals surface area contributed by atoms with Crippen LogP contribution in [0.15, 0.2) is 36.4 Å². The molecule has 2 unspecified atom stereocenters. The van der Waals surface area contributed by atoms with Crippen LogP contribution in [0.2, 0.25) is 5.02 Å². The van der Waals surface area contributed by atoms with Crippen LogP contribution in [0.4, 0.5) is 14.5 Å². The van der Waals surface area contributed by atoms with Gasteiger partial charge in [-0.2, -0.15) is 0 Å². The number of ether oxygens (including phenoxy) is 2. The number of fused-ring (bicyclic) bond motifs is 1. The van der Waals surface area contributed by atoms with Gasteiger partial charge in [-0.1, -0.05) is 11.6 Å². The summed E-state index contributed by atoms with van der Waals surface area (Å²) in [6.45, 7) is 2.11. The molecule has 4 rings (SSSR count). The summed E-state index contributed by atoms with van der Waals surface area (Å²) < 4.78 is 38.0. The maximum atomic E-state index is 13.3. The number of hydrogen-bond donors (Lipinski definition) is 3. The number of carbonyl (C=O) groups is 1. The van der Waals surface area contributed by atoms with Crippen molar-refractivity contribution >= 4 is 23.2 Å². The van der Waals surface area contributed by atoms with Crippen LogP contribution in [0.3, 0.4) is 0 Å². The average molecular weight is 482 g/mol. The zero-order valence-electron chi connectivity index (χ0n) is 17.9. The lowest BCUT2D eigenvalue weighted by Gasteiger charge is -2.34. The van der Waals surface area contributed by atoms with E-state index in [-0.39, 0.29) is 30.8 Å². The van der Waals surface area contributed by atoms with Gasteiger partial charge in [-0.15, -0.1) is 0 Å². The van der Waals surface area contributed by atoms with E-state index in [0.717, 1.165) is 31.0 Å². The fraction of sp³-hybridized carbons (Fsp3) is 0.435. The highest BCUT2D eigenvalue weighted by molar-refractivity contribution is 6.30. The molecule has 2 aliphatic heterocycles. The van der Waals surface area contributed by atoms with Crippen LogP contribution in [0, 0.1) is 11.6 Å². The third-order valence-electron chi connectivity index (χ3n) is 5.73. The Hall–Kier alpha value is -2.46. The molecule has 0 aliphatic carbocycles. The average Bonchev–Trinajstić information content (AvgIpc) is 2.77. The van der Waals surface area contributed by atoms with Gasteiger partial charge < -0.3 is 25.2 Å². The molecule has 1 saturated heterocycles.